The van der Waals surface area contributed by atoms with Gasteiger partial charge in [-0.05, 0) is 37.2 Å². The number of carbonyl (C=O) groups is 2. The fraction of sp³-hybridized carbons (Fsp3) is 0.522. The molecule has 2 amide bonds. The molecular formula is C23H32BF3N4O4. The Morgan fingerprint density at radius 1 is 1.17 bits per heavy atom. The molecule has 0 spiro atoms. The molecule has 1 aromatic rings. The predicted octanol–water partition coefficient (Wildman–Crippen LogP) is 1.64. The normalized spacial score (nSPS) is 13.6. The Bertz CT molecular complexity index is 874. The van der Waals surface area contributed by atoms with Crippen LogP contribution in [0.5, 0.6) is 0 Å². The Morgan fingerprint density at radius 2 is 1.83 bits per heavy atom. The van der Waals surface area contributed by atoms with E-state index in [1.807, 2.05) is 19.9 Å². The van der Waals surface area contributed by atoms with Crippen molar-refractivity contribution in [1.82, 2.24) is 16.0 Å². The number of nitrogens with zero attached hydrogens (tertiary/aromatic N) is 1. The molecule has 192 valence electrons. The molecule has 0 aliphatic carbocycles. The zero-order valence-corrected chi connectivity index (χ0v) is 19.8. The SMILES string of the molecule is CC(C)/C=C(\C#N)C(=O)NCCCC[C@H](NCC(F)(F)F)C(=O)N[C@@H](Cc1ccccc1)B(O)O. The van der Waals surface area contributed by atoms with Crippen molar-refractivity contribution in [2.75, 3.05) is 13.1 Å². The third-order valence-corrected chi connectivity index (χ3v) is 4.92. The molecule has 1 aromatic carbocycles. The topological polar surface area (TPSA) is 134 Å². The molecule has 0 aromatic heterocycles. The predicted molar refractivity (Wildman–Crippen MR) is 126 cm³/mol. The number of rotatable bonds is 14. The van der Waals surface area contributed by atoms with Gasteiger partial charge in [0.1, 0.15) is 11.6 Å². The van der Waals surface area contributed by atoms with Crippen molar-refractivity contribution in [3.63, 3.8) is 0 Å². The number of alkyl halides is 3. The number of allylic oxidation sites excluding steroid dienone is 1. The van der Waals surface area contributed by atoms with E-state index >= 15 is 0 Å². The van der Waals surface area contributed by atoms with Gasteiger partial charge in [-0.1, -0.05) is 50.3 Å². The van der Waals surface area contributed by atoms with E-state index in [1.165, 1.54) is 6.08 Å². The molecule has 35 heavy (non-hydrogen) atoms. The lowest BCUT2D eigenvalue weighted by Crippen LogP contribution is -2.54. The summed E-state index contributed by atoms with van der Waals surface area (Å²) in [6, 6.07) is 9.29. The van der Waals surface area contributed by atoms with Gasteiger partial charge in [0.2, 0.25) is 5.91 Å². The fourth-order valence-corrected chi connectivity index (χ4v) is 3.21. The van der Waals surface area contributed by atoms with Gasteiger partial charge in [-0.15, -0.1) is 0 Å². The zero-order valence-electron chi connectivity index (χ0n) is 19.8. The maximum atomic E-state index is 12.7. The van der Waals surface area contributed by atoms with Crippen LogP contribution in [0.4, 0.5) is 13.2 Å². The zero-order chi connectivity index (χ0) is 26.4. The summed E-state index contributed by atoms with van der Waals surface area (Å²) in [4.78, 5) is 24.7. The second-order valence-corrected chi connectivity index (χ2v) is 8.45. The summed E-state index contributed by atoms with van der Waals surface area (Å²) in [6.45, 7) is 2.43. The smallest absolute Gasteiger partial charge is 0.426 e. The number of nitriles is 1. The number of nitrogens with one attached hydrogen (secondary N) is 3. The molecule has 8 nitrogen and oxygen atoms in total. The average molecular weight is 496 g/mol. The largest absolute Gasteiger partial charge is 0.475 e. The molecule has 5 N–H and O–H groups in total. The minimum atomic E-state index is -4.54. The molecule has 0 saturated heterocycles. The number of hydrogen-bond acceptors (Lipinski definition) is 6. The minimum absolute atomic E-state index is 0.0116. The second kappa shape index (κ2) is 15.2. The van der Waals surface area contributed by atoms with Crippen molar-refractivity contribution in [3.05, 3.63) is 47.5 Å². The Hall–Kier alpha value is -2.88. The van der Waals surface area contributed by atoms with E-state index in [9.17, 15) is 32.8 Å². The van der Waals surface area contributed by atoms with Gasteiger partial charge in [-0.2, -0.15) is 18.4 Å². The first-order chi connectivity index (χ1) is 16.4. The van der Waals surface area contributed by atoms with Gasteiger partial charge in [-0.3, -0.25) is 14.9 Å². The summed E-state index contributed by atoms with van der Waals surface area (Å²) < 4.78 is 38.2. The summed E-state index contributed by atoms with van der Waals surface area (Å²) in [5.41, 5.74) is 0.695. The van der Waals surface area contributed by atoms with Crippen LogP contribution in [0, 0.1) is 17.2 Å². The Balaban J connectivity index is 2.69. The molecule has 0 fully saturated rings. The molecule has 0 heterocycles. The maximum Gasteiger partial charge on any atom is 0.475 e. The third kappa shape index (κ3) is 13.0. The Morgan fingerprint density at radius 3 is 2.37 bits per heavy atom. The van der Waals surface area contributed by atoms with E-state index in [0.717, 1.165) is 0 Å². The van der Waals surface area contributed by atoms with Crippen molar-refractivity contribution in [2.24, 2.45) is 5.92 Å². The van der Waals surface area contributed by atoms with E-state index in [1.54, 1.807) is 30.3 Å². The van der Waals surface area contributed by atoms with Crippen molar-refractivity contribution in [2.45, 2.75) is 57.7 Å². The van der Waals surface area contributed by atoms with Crippen LogP contribution in [0.2, 0.25) is 0 Å². The van der Waals surface area contributed by atoms with Crippen molar-refractivity contribution in [3.8, 4) is 6.07 Å². The highest BCUT2D eigenvalue weighted by atomic mass is 19.4. The lowest BCUT2D eigenvalue weighted by Gasteiger charge is -2.24. The molecule has 0 saturated carbocycles. The standard InChI is InChI=1S/C23H32BF3N4O4/c1-16(2)12-18(14-28)21(32)29-11-7-6-10-19(30-15-23(25,26)27)22(33)31-20(24(34)35)13-17-8-4-3-5-9-17/h3-5,8-9,12,16,19-20,30,34-35H,6-7,10-11,13,15H2,1-2H3,(H,29,32)(H,31,33)/b18-12+/t19-,20-/m0/s1. The molecular weight excluding hydrogens is 464 g/mol. The number of hydrogen-bond donors (Lipinski definition) is 5. The number of carbonyl (C=O) groups excluding carboxylic acids is 2. The highest BCUT2D eigenvalue weighted by Gasteiger charge is 2.32. The molecule has 0 aliphatic heterocycles. The first kappa shape index (κ1) is 30.2. The van der Waals surface area contributed by atoms with E-state index < -0.39 is 43.6 Å². The van der Waals surface area contributed by atoms with Gasteiger partial charge in [0.05, 0.1) is 18.5 Å². The van der Waals surface area contributed by atoms with Crippen LogP contribution < -0.4 is 16.0 Å². The third-order valence-electron chi connectivity index (χ3n) is 4.92. The molecule has 2 atom stereocenters. The van der Waals surface area contributed by atoms with Crippen molar-refractivity contribution in [1.29, 1.82) is 5.26 Å². The van der Waals surface area contributed by atoms with Gasteiger partial charge in [0.15, 0.2) is 0 Å². The molecule has 0 bridgehead atoms. The van der Waals surface area contributed by atoms with Crippen LogP contribution in [-0.4, -0.2) is 60.2 Å². The second-order valence-electron chi connectivity index (χ2n) is 8.45. The summed E-state index contributed by atoms with van der Waals surface area (Å²) in [7, 11) is -1.91. The highest BCUT2D eigenvalue weighted by molar-refractivity contribution is 6.43. The van der Waals surface area contributed by atoms with Crippen molar-refractivity contribution < 1.29 is 32.8 Å². The lowest BCUT2D eigenvalue weighted by atomic mass is 9.75. The first-order valence-electron chi connectivity index (χ1n) is 11.3. The van der Waals surface area contributed by atoms with Crippen LogP contribution in [-0.2, 0) is 16.0 Å². The minimum Gasteiger partial charge on any atom is -0.426 e. The number of amides is 2. The van der Waals surface area contributed by atoms with Crippen LogP contribution >= 0.6 is 0 Å². The lowest BCUT2D eigenvalue weighted by molar-refractivity contribution is -0.132. The van der Waals surface area contributed by atoms with Gasteiger partial charge in [0, 0.05) is 6.54 Å². The van der Waals surface area contributed by atoms with Gasteiger partial charge in [-0.25, -0.2) is 0 Å². The van der Waals surface area contributed by atoms with E-state index in [4.69, 9.17) is 5.26 Å². The van der Waals surface area contributed by atoms with Crippen LogP contribution in [0.1, 0.15) is 38.7 Å². The van der Waals surface area contributed by atoms with Crippen LogP contribution in [0.3, 0.4) is 0 Å². The number of benzene rings is 1. The van der Waals surface area contributed by atoms with E-state index in [0.29, 0.717) is 18.4 Å². The summed E-state index contributed by atoms with van der Waals surface area (Å²) >= 11 is 0. The Kier molecular flexibility index (Phi) is 13.1. The van der Waals surface area contributed by atoms with E-state index in [2.05, 4.69) is 16.0 Å². The molecule has 12 heteroatoms. The summed E-state index contributed by atoms with van der Waals surface area (Å²) in [6.07, 6.45) is -2.26. The fourth-order valence-electron chi connectivity index (χ4n) is 3.21. The number of halogens is 3. The van der Waals surface area contributed by atoms with E-state index in [-0.39, 0.29) is 30.9 Å². The Labute approximate surface area is 203 Å². The number of unbranched alkanes of at least 4 members (excludes halogenated alkanes) is 1. The molecule has 0 radical (unpaired) electrons. The molecule has 1 rings (SSSR count). The first-order valence-corrected chi connectivity index (χ1v) is 11.3. The van der Waals surface area contributed by atoms with Crippen LogP contribution in [0.15, 0.2) is 42.0 Å². The maximum absolute atomic E-state index is 12.7. The monoisotopic (exact) mass is 496 g/mol. The molecule has 0 aliphatic rings. The quantitative estimate of drug-likeness (QED) is 0.115. The van der Waals surface area contributed by atoms with Crippen molar-refractivity contribution >= 4 is 18.9 Å². The highest BCUT2D eigenvalue weighted by Crippen LogP contribution is 2.14. The average Bonchev–Trinajstić information content (AvgIpc) is 2.78. The molecule has 0 unspecified atom stereocenters. The van der Waals surface area contributed by atoms with Gasteiger partial charge < -0.3 is 20.7 Å². The van der Waals surface area contributed by atoms with Crippen LogP contribution in [0.25, 0.3) is 0 Å². The van der Waals surface area contributed by atoms with Gasteiger partial charge >= 0.3 is 13.3 Å². The summed E-state index contributed by atoms with van der Waals surface area (Å²) in [5.74, 6) is -2.43. The van der Waals surface area contributed by atoms with Gasteiger partial charge in [0.25, 0.3) is 5.91 Å². The summed E-state index contributed by atoms with van der Waals surface area (Å²) in [5, 5.41) is 35.5.